The van der Waals surface area contributed by atoms with Crippen molar-refractivity contribution in [3.63, 3.8) is 0 Å². The number of thioether (sulfide) groups is 1. The van der Waals surface area contributed by atoms with Gasteiger partial charge in [-0.25, -0.2) is 4.99 Å². The van der Waals surface area contributed by atoms with E-state index in [0.29, 0.717) is 6.54 Å². The SMILES string of the molecule is CCN1C(=O)/C(=C\c2cccs2)SC1=Nc1c(C)cccc1C. The lowest BCUT2D eigenvalue weighted by molar-refractivity contribution is -0.122. The van der Waals surface area contributed by atoms with E-state index in [4.69, 9.17) is 4.99 Å². The molecule has 118 valence electrons. The number of carbonyl (C=O) groups excluding carboxylic acids is 1. The standard InChI is InChI=1S/C18H18N2OS2/c1-4-20-17(21)15(11-14-9-6-10-22-14)23-18(20)19-16-12(2)7-5-8-13(16)3/h5-11H,4H2,1-3H3/b15-11+,19-18?. The summed E-state index contributed by atoms with van der Waals surface area (Å²) in [4.78, 5) is 21.0. The number of carbonyl (C=O) groups is 1. The molecule has 3 rings (SSSR count). The summed E-state index contributed by atoms with van der Waals surface area (Å²) in [6.45, 7) is 6.70. The van der Waals surface area contributed by atoms with Gasteiger partial charge in [-0.2, -0.15) is 0 Å². The molecular formula is C18H18N2OS2. The zero-order valence-electron chi connectivity index (χ0n) is 13.4. The van der Waals surface area contributed by atoms with Crippen LogP contribution in [-0.4, -0.2) is 22.5 Å². The number of thiophene rings is 1. The fraction of sp³-hybridized carbons (Fsp3) is 0.222. The van der Waals surface area contributed by atoms with Crippen LogP contribution in [0.1, 0.15) is 22.9 Å². The smallest absolute Gasteiger partial charge is 0.266 e. The average Bonchev–Trinajstić information content (AvgIpc) is 3.12. The van der Waals surface area contributed by atoms with Gasteiger partial charge in [0.15, 0.2) is 5.17 Å². The van der Waals surface area contributed by atoms with Gasteiger partial charge in [0.05, 0.1) is 10.6 Å². The monoisotopic (exact) mass is 342 g/mol. The molecule has 1 aromatic heterocycles. The lowest BCUT2D eigenvalue weighted by Crippen LogP contribution is -2.28. The van der Waals surface area contributed by atoms with Gasteiger partial charge in [0.2, 0.25) is 0 Å². The third-order valence-corrected chi connectivity index (χ3v) is 5.49. The number of hydrogen-bond acceptors (Lipinski definition) is 4. The summed E-state index contributed by atoms with van der Waals surface area (Å²) >= 11 is 3.09. The van der Waals surface area contributed by atoms with E-state index in [1.54, 1.807) is 16.2 Å². The van der Waals surface area contributed by atoms with E-state index < -0.39 is 0 Å². The summed E-state index contributed by atoms with van der Waals surface area (Å²) < 4.78 is 0. The molecule has 1 aliphatic rings. The third kappa shape index (κ3) is 3.26. The normalized spacial score (nSPS) is 18.4. The van der Waals surface area contributed by atoms with Crippen LogP contribution in [0.25, 0.3) is 6.08 Å². The Bertz CT molecular complexity index is 771. The molecule has 1 saturated heterocycles. The molecule has 1 fully saturated rings. The van der Waals surface area contributed by atoms with Crippen molar-refractivity contribution in [3.8, 4) is 0 Å². The van der Waals surface area contributed by atoms with Gasteiger partial charge in [-0.1, -0.05) is 24.3 Å². The van der Waals surface area contributed by atoms with Gasteiger partial charge in [-0.3, -0.25) is 9.69 Å². The van der Waals surface area contributed by atoms with Gasteiger partial charge in [0, 0.05) is 11.4 Å². The highest BCUT2D eigenvalue weighted by atomic mass is 32.2. The van der Waals surface area contributed by atoms with Crippen molar-refractivity contribution in [1.82, 2.24) is 4.90 Å². The average molecular weight is 342 g/mol. The van der Waals surface area contributed by atoms with Crippen molar-refractivity contribution < 1.29 is 4.79 Å². The number of para-hydroxylation sites is 1. The van der Waals surface area contributed by atoms with E-state index in [0.717, 1.165) is 31.8 Å². The molecule has 0 radical (unpaired) electrons. The molecular weight excluding hydrogens is 324 g/mol. The van der Waals surface area contributed by atoms with Gasteiger partial charge < -0.3 is 0 Å². The number of likely N-dealkylation sites (N-methyl/N-ethyl adjacent to an activating group) is 1. The lowest BCUT2D eigenvalue weighted by Gasteiger charge is -2.13. The topological polar surface area (TPSA) is 32.7 Å². The van der Waals surface area contributed by atoms with Gasteiger partial charge in [0.1, 0.15) is 0 Å². The van der Waals surface area contributed by atoms with Crippen LogP contribution in [0, 0.1) is 13.8 Å². The van der Waals surface area contributed by atoms with E-state index in [9.17, 15) is 4.79 Å². The highest BCUT2D eigenvalue weighted by molar-refractivity contribution is 8.18. The Morgan fingerprint density at radius 2 is 1.91 bits per heavy atom. The maximum Gasteiger partial charge on any atom is 0.266 e. The molecule has 23 heavy (non-hydrogen) atoms. The number of aryl methyl sites for hydroxylation is 2. The Labute approximate surface area is 144 Å². The first-order valence-corrected chi connectivity index (χ1v) is 9.19. The van der Waals surface area contributed by atoms with Crippen LogP contribution in [0.15, 0.2) is 45.6 Å². The number of nitrogens with zero attached hydrogens (tertiary/aromatic N) is 2. The van der Waals surface area contributed by atoms with Crippen LogP contribution in [-0.2, 0) is 4.79 Å². The Hall–Kier alpha value is -1.85. The maximum atomic E-state index is 12.6. The summed E-state index contributed by atoms with van der Waals surface area (Å²) in [5, 5.41) is 2.78. The highest BCUT2D eigenvalue weighted by Gasteiger charge is 2.32. The van der Waals surface area contributed by atoms with Gasteiger partial charge in [-0.15, -0.1) is 11.3 Å². The predicted molar refractivity (Wildman–Crippen MR) is 100 cm³/mol. The van der Waals surface area contributed by atoms with E-state index in [1.807, 2.05) is 62.6 Å². The Morgan fingerprint density at radius 3 is 2.52 bits per heavy atom. The first kappa shape index (κ1) is 16.0. The fourth-order valence-corrected chi connectivity index (χ4v) is 4.22. The molecule has 0 spiro atoms. The van der Waals surface area contributed by atoms with E-state index in [-0.39, 0.29) is 5.91 Å². The lowest BCUT2D eigenvalue weighted by atomic mass is 10.1. The third-order valence-electron chi connectivity index (χ3n) is 3.67. The Balaban J connectivity index is 1.99. The van der Waals surface area contributed by atoms with Crippen molar-refractivity contribution in [2.45, 2.75) is 20.8 Å². The number of amides is 1. The molecule has 1 aliphatic heterocycles. The predicted octanol–water partition coefficient (Wildman–Crippen LogP) is 4.99. The van der Waals surface area contributed by atoms with Crippen LogP contribution in [0.4, 0.5) is 5.69 Å². The van der Waals surface area contributed by atoms with Crippen molar-refractivity contribution in [1.29, 1.82) is 0 Å². The molecule has 0 unspecified atom stereocenters. The molecule has 0 atom stereocenters. The zero-order valence-corrected chi connectivity index (χ0v) is 15.0. The zero-order chi connectivity index (χ0) is 16.4. The molecule has 2 heterocycles. The number of rotatable bonds is 3. The maximum absolute atomic E-state index is 12.6. The van der Waals surface area contributed by atoms with Crippen LogP contribution < -0.4 is 0 Å². The summed E-state index contributed by atoms with van der Waals surface area (Å²) in [6, 6.07) is 10.1. The number of aliphatic imine (C=N–C) groups is 1. The molecule has 3 nitrogen and oxygen atoms in total. The molecule has 1 aromatic carbocycles. The van der Waals surface area contributed by atoms with Gasteiger partial charge in [0.25, 0.3) is 5.91 Å². The minimum absolute atomic E-state index is 0.0379. The minimum Gasteiger partial charge on any atom is -0.287 e. The van der Waals surface area contributed by atoms with Crippen LogP contribution in [0.3, 0.4) is 0 Å². The second-order valence-electron chi connectivity index (χ2n) is 5.31. The van der Waals surface area contributed by atoms with Gasteiger partial charge >= 0.3 is 0 Å². The Morgan fingerprint density at radius 1 is 1.17 bits per heavy atom. The Kier molecular flexibility index (Phi) is 4.68. The van der Waals surface area contributed by atoms with Crippen molar-refractivity contribution in [3.05, 3.63) is 56.6 Å². The van der Waals surface area contributed by atoms with Crippen molar-refractivity contribution >= 4 is 45.9 Å². The molecule has 0 N–H and O–H groups in total. The summed E-state index contributed by atoms with van der Waals surface area (Å²) in [5.74, 6) is 0.0379. The number of amidine groups is 1. The summed E-state index contributed by atoms with van der Waals surface area (Å²) in [5.41, 5.74) is 3.20. The van der Waals surface area contributed by atoms with Gasteiger partial charge in [-0.05, 0) is 61.2 Å². The van der Waals surface area contributed by atoms with Crippen molar-refractivity contribution in [2.75, 3.05) is 6.54 Å². The van der Waals surface area contributed by atoms with E-state index in [2.05, 4.69) is 0 Å². The molecule has 1 amide bonds. The second-order valence-corrected chi connectivity index (χ2v) is 7.30. The quantitative estimate of drug-likeness (QED) is 0.736. The first-order valence-electron chi connectivity index (χ1n) is 7.50. The molecule has 2 aromatic rings. The van der Waals surface area contributed by atoms with Crippen LogP contribution >= 0.6 is 23.1 Å². The molecule has 0 bridgehead atoms. The van der Waals surface area contributed by atoms with E-state index in [1.165, 1.54) is 11.8 Å². The second kappa shape index (κ2) is 6.72. The molecule has 5 heteroatoms. The van der Waals surface area contributed by atoms with Crippen molar-refractivity contribution in [2.24, 2.45) is 4.99 Å². The minimum atomic E-state index is 0.0379. The number of benzene rings is 1. The number of hydrogen-bond donors (Lipinski definition) is 0. The molecule has 0 aliphatic carbocycles. The van der Waals surface area contributed by atoms with Crippen LogP contribution in [0.5, 0.6) is 0 Å². The first-order chi connectivity index (χ1) is 11.1. The summed E-state index contributed by atoms with van der Waals surface area (Å²) in [6.07, 6.45) is 1.95. The highest BCUT2D eigenvalue weighted by Crippen LogP contribution is 2.35. The van der Waals surface area contributed by atoms with E-state index >= 15 is 0 Å². The largest absolute Gasteiger partial charge is 0.287 e. The summed E-state index contributed by atoms with van der Waals surface area (Å²) in [7, 11) is 0. The van der Waals surface area contributed by atoms with Crippen LogP contribution in [0.2, 0.25) is 0 Å². The fourth-order valence-electron chi connectivity index (χ4n) is 2.45. The molecule has 0 saturated carbocycles.